The quantitative estimate of drug-likeness (QED) is 0.561. The second-order valence-corrected chi connectivity index (χ2v) is 9.15. The predicted molar refractivity (Wildman–Crippen MR) is 102 cm³/mol. The summed E-state index contributed by atoms with van der Waals surface area (Å²) in [4.78, 5) is 11.8. The summed E-state index contributed by atoms with van der Waals surface area (Å²) >= 11 is 0. The van der Waals surface area contributed by atoms with E-state index in [-0.39, 0.29) is 29.3 Å². The van der Waals surface area contributed by atoms with Crippen molar-refractivity contribution in [3.8, 4) is 0 Å². The monoisotopic (exact) mass is 348 g/mol. The second-order valence-electron chi connectivity index (χ2n) is 9.15. The number of esters is 1. The Bertz CT molecular complexity index is 540. The molecule has 2 rings (SSSR count). The first kappa shape index (κ1) is 20.2. The largest absolute Gasteiger partial charge is 0.462 e. The minimum absolute atomic E-state index is 0.0519. The van der Waals surface area contributed by atoms with Gasteiger partial charge in [0.15, 0.2) is 0 Å². The zero-order valence-corrected chi connectivity index (χ0v) is 16.8. The molecule has 0 saturated heterocycles. The number of aliphatic hydroxyl groups is 1. The molecule has 25 heavy (non-hydrogen) atoms. The number of hydrogen-bond acceptors (Lipinski definition) is 3. The molecule has 0 radical (unpaired) electrons. The molecule has 1 fully saturated rings. The molecule has 1 saturated carbocycles. The summed E-state index contributed by atoms with van der Waals surface area (Å²) in [6.07, 6.45) is 11.7. The fraction of sp³-hybridized carbons (Fsp3) is 0.773. The molecule has 0 aromatic carbocycles. The van der Waals surface area contributed by atoms with E-state index in [4.69, 9.17) is 4.74 Å². The maximum atomic E-state index is 11.8. The van der Waals surface area contributed by atoms with Crippen LogP contribution < -0.4 is 0 Å². The Labute approximate surface area is 153 Å². The van der Waals surface area contributed by atoms with Gasteiger partial charge in [0.2, 0.25) is 0 Å². The van der Waals surface area contributed by atoms with Crippen LogP contribution in [0.4, 0.5) is 0 Å². The zero-order chi connectivity index (χ0) is 18.8. The third-order valence-corrected chi connectivity index (χ3v) is 6.26. The van der Waals surface area contributed by atoms with Crippen LogP contribution in [0.2, 0.25) is 0 Å². The molecular formula is C22H36O3. The predicted octanol–water partition coefficient (Wildman–Crippen LogP) is 5.04. The lowest BCUT2D eigenvalue weighted by Gasteiger charge is -2.41. The molecule has 0 amide bonds. The Hall–Kier alpha value is -1.09. The summed E-state index contributed by atoms with van der Waals surface area (Å²) < 4.78 is 5.84. The number of fused-ring (bicyclic) bond motifs is 1. The molecule has 0 aliphatic heterocycles. The number of carbonyl (C=O) groups excluding carboxylic acids is 1. The van der Waals surface area contributed by atoms with Gasteiger partial charge in [-0.3, -0.25) is 4.79 Å². The van der Waals surface area contributed by atoms with Crippen LogP contribution in [0.25, 0.3) is 0 Å². The van der Waals surface area contributed by atoms with Crippen LogP contribution >= 0.6 is 0 Å². The highest BCUT2D eigenvalue weighted by atomic mass is 16.5. The summed E-state index contributed by atoms with van der Waals surface area (Å²) in [6.45, 7) is 12.0. The molecule has 0 aromatic rings. The highest BCUT2D eigenvalue weighted by molar-refractivity contribution is 5.66. The summed E-state index contributed by atoms with van der Waals surface area (Å²) in [5, 5.41) is 10.8. The molecular weight excluding hydrogens is 312 g/mol. The van der Waals surface area contributed by atoms with Gasteiger partial charge in [-0.25, -0.2) is 0 Å². The number of hydrogen-bond donors (Lipinski definition) is 1. The lowest BCUT2D eigenvalue weighted by atomic mass is 9.68. The van der Waals surface area contributed by atoms with Gasteiger partial charge in [-0.2, -0.15) is 0 Å². The molecule has 142 valence electrons. The Morgan fingerprint density at radius 2 is 2.04 bits per heavy atom. The number of carbonyl (C=O) groups is 1. The maximum Gasteiger partial charge on any atom is 0.302 e. The average Bonchev–Trinajstić information content (AvgIpc) is 2.81. The van der Waals surface area contributed by atoms with E-state index in [2.05, 4.69) is 39.0 Å². The van der Waals surface area contributed by atoms with Gasteiger partial charge in [0.05, 0.1) is 5.60 Å². The Kier molecular flexibility index (Phi) is 6.19. The highest BCUT2D eigenvalue weighted by Crippen LogP contribution is 2.54. The van der Waals surface area contributed by atoms with E-state index < -0.39 is 5.60 Å². The van der Waals surface area contributed by atoms with Crippen LogP contribution in [0.15, 0.2) is 23.8 Å². The molecule has 0 spiro atoms. The van der Waals surface area contributed by atoms with E-state index in [0.717, 1.165) is 32.1 Å². The van der Waals surface area contributed by atoms with Crippen LogP contribution in [-0.2, 0) is 9.53 Å². The molecule has 0 bridgehead atoms. The van der Waals surface area contributed by atoms with Crippen LogP contribution in [0.3, 0.4) is 0 Å². The van der Waals surface area contributed by atoms with Crippen molar-refractivity contribution in [2.45, 2.75) is 85.4 Å². The van der Waals surface area contributed by atoms with Crippen molar-refractivity contribution in [2.75, 3.05) is 0 Å². The standard InChI is InChI=1S/C22H36O3/c1-15-8-7-9-16(2)14-19(25-17(3)23)20-18(21(4,5)24)11-13-22(20,6)12-10-15/h9-10,12,15,18-20,24H,7-8,11,13-14H2,1-6H3/b12-10+,16-9+/t15-,18-,19+,20?,22+/m1/s1. The smallest absolute Gasteiger partial charge is 0.302 e. The van der Waals surface area contributed by atoms with Crippen molar-refractivity contribution in [1.82, 2.24) is 0 Å². The maximum absolute atomic E-state index is 11.8. The lowest BCUT2D eigenvalue weighted by molar-refractivity contribution is -0.154. The third-order valence-electron chi connectivity index (χ3n) is 6.26. The van der Waals surface area contributed by atoms with Crippen LogP contribution in [0, 0.1) is 23.2 Å². The summed E-state index contributed by atoms with van der Waals surface area (Å²) in [5.41, 5.74) is 0.450. The molecule has 3 nitrogen and oxygen atoms in total. The van der Waals surface area contributed by atoms with Gasteiger partial charge in [-0.05, 0) is 63.7 Å². The van der Waals surface area contributed by atoms with Gasteiger partial charge in [-0.15, -0.1) is 0 Å². The van der Waals surface area contributed by atoms with E-state index in [0.29, 0.717) is 5.92 Å². The SMILES string of the molecule is CC(=O)O[C@H]1C/C(C)=C/CC[C@@H](C)/C=C/[C@@]2(C)CC[C@@H](C(C)(C)O)C12. The summed E-state index contributed by atoms with van der Waals surface area (Å²) in [7, 11) is 0. The Morgan fingerprint density at radius 3 is 2.64 bits per heavy atom. The zero-order valence-electron chi connectivity index (χ0n) is 16.8. The average molecular weight is 349 g/mol. The summed E-state index contributed by atoms with van der Waals surface area (Å²) in [5.74, 6) is 0.554. The Balaban J connectivity index is 2.49. The minimum Gasteiger partial charge on any atom is -0.462 e. The van der Waals surface area contributed by atoms with Crippen molar-refractivity contribution >= 4 is 5.97 Å². The minimum atomic E-state index is -0.780. The van der Waals surface area contributed by atoms with Crippen LogP contribution in [0.5, 0.6) is 0 Å². The van der Waals surface area contributed by atoms with Gasteiger partial charge in [0.25, 0.3) is 0 Å². The van der Waals surface area contributed by atoms with Crippen LogP contribution in [0.1, 0.15) is 73.6 Å². The Morgan fingerprint density at radius 1 is 1.36 bits per heavy atom. The van der Waals surface area contributed by atoms with E-state index in [1.54, 1.807) is 0 Å². The van der Waals surface area contributed by atoms with Gasteiger partial charge < -0.3 is 9.84 Å². The lowest BCUT2D eigenvalue weighted by Crippen LogP contribution is -2.44. The van der Waals surface area contributed by atoms with E-state index in [1.165, 1.54) is 12.5 Å². The van der Waals surface area contributed by atoms with Gasteiger partial charge in [0, 0.05) is 19.3 Å². The van der Waals surface area contributed by atoms with Crippen molar-refractivity contribution in [1.29, 1.82) is 0 Å². The van der Waals surface area contributed by atoms with Crippen molar-refractivity contribution in [2.24, 2.45) is 23.2 Å². The molecule has 0 heterocycles. The van der Waals surface area contributed by atoms with Gasteiger partial charge >= 0.3 is 5.97 Å². The summed E-state index contributed by atoms with van der Waals surface area (Å²) in [6, 6.07) is 0. The first-order chi connectivity index (χ1) is 11.5. The van der Waals surface area contributed by atoms with E-state index in [9.17, 15) is 9.90 Å². The molecule has 2 aliphatic carbocycles. The van der Waals surface area contributed by atoms with Crippen LogP contribution in [-0.4, -0.2) is 22.8 Å². The van der Waals surface area contributed by atoms with Crippen molar-refractivity contribution in [3.05, 3.63) is 23.8 Å². The fourth-order valence-electron chi connectivity index (χ4n) is 4.87. The topological polar surface area (TPSA) is 46.5 Å². The van der Waals surface area contributed by atoms with Crippen molar-refractivity contribution < 1.29 is 14.6 Å². The third kappa shape index (κ3) is 4.97. The number of allylic oxidation sites excluding steroid dienone is 3. The van der Waals surface area contributed by atoms with E-state index >= 15 is 0 Å². The highest BCUT2D eigenvalue weighted by Gasteiger charge is 2.53. The molecule has 0 aromatic heterocycles. The number of rotatable bonds is 2. The fourth-order valence-corrected chi connectivity index (χ4v) is 4.87. The molecule has 3 heteroatoms. The molecule has 2 aliphatic rings. The van der Waals surface area contributed by atoms with E-state index in [1.807, 2.05) is 13.8 Å². The van der Waals surface area contributed by atoms with Crippen molar-refractivity contribution in [3.63, 3.8) is 0 Å². The number of ether oxygens (including phenoxy) is 1. The molecule has 1 N–H and O–H groups in total. The van der Waals surface area contributed by atoms with Gasteiger partial charge in [-0.1, -0.05) is 37.6 Å². The second kappa shape index (κ2) is 7.65. The normalized spacial score (nSPS) is 40.4. The van der Waals surface area contributed by atoms with Gasteiger partial charge in [0.1, 0.15) is 6.10 Å². The molecule has 1 unspecified atom stereocenters. The first-order valence-electron chi connectivity index (χ1n) is 9.77. The first-order valence-corrected chi connectivity index (χ1v) is 9.77. The molecule has 5 atom stereocenters.